The minimum Gasteiger partial charge on any atom is -0.462 e. The number of anilines is 1. The molecule has 17 heavy (non-hydrogen) atoms. The minimum absolute atomic E-state index is 0.224. The number of amides is 1. The maximum atomic E-state index is 11.4. The molecule has 0 bridgehead atoms. The number of halogens is 1. The number of esters is 1. The average molecular weight is 301 g/mol. The van der Waals surface area contributed by atoms with Gasteiger partial charge in [-0.2, -0.15) is 0 Å². The van der Waals surface area contributed by atoms with E-state index in [4.69, 9.17) is 4.74 Å². The number of alkyl halides is 1. The second-order valence-electron chi connectivity index (χ2n) is 3.26. The molecule has 1 aromatic rings. The number of nitrogens with zero attached hydrogens (tertiary/aromatic N) is 1. The molecule has 0 fully saturated rings. The van der Waals surface area contributed by atoms with Crippen molar-refractivity contribution in [1.82, 2.24) is 4.98 Å². The van der Waals surface area contributed by atoms with Crippen LogP contribution in [0.2, 0.25) is 0 Å². The highest BCUT2D eigenvalue weighted by molar-refractivity contribution is 9.10. The molecule has 0 aliphatic rings. The average Bonchev–Trinajstić information content (AvgIpc) is 2.29. The molecule has 6 heteroatoms. The van der Waals surface area contributed by atoms with Crippen molar-refractivity contribution in [1.29, 1.82) is 0 Å². The fourth-order valence-electron chi connectivity index (χ4n) is 1.07. The number of nitrogens with one attached hydrogen (secondary N) is 1. The van der Waals surface area contributed by atoms with Crippen LogP contribution in [-0.2, 0) is 9.53 Å². The van der Waals surface area contributed by atoms with Crippen LogP contribution in [0.5, 0.6) is 0 Å². The van der Waals surface area contributed by atoms with Gasteiger partial charge in [0.05, 0.1) is 17.0 Å². The topological polar surface area (TPSA) is 68.3 Å². The molecule has 0 spiro atoms. The summed E-state index contributed by atoms with van der Waals surface area (Å²) in [6, 6.07) is 3.01. The number of carbonyl (C=O) groups excluding carboxylic acids is 2. The van der Waals surface area contributed by atoms with Gasteiger partial charge in [0.25, 0.3) is 0 Å². The van der Waals surface area contributed by atoms with Gasteiger partial charge in [-0.15, -0.1) is 0 Å². The lowest BCUT2D eigenvalue weighted by Gasteiger charge is -2.07. The van der Waals surface area contributed by atoms with Crippen LogP contribution in [0.1, 0.15) is 24.2 Å². The Balaban J connectivity index is 2.79. The predicted octanol–water partition coefficient (Wildman–Crippen LogP) is 1.98. The van der Waals surface area contributed by atoms with E-state index < -0.39 is 5.97 Å². The largest absolute Gasteiger partial charge is 0.462 e. The third-order valence-corrected chi connectivity index (χ3v) is 2.30. The third kappa shape index (κ3) is 4.14. The van der Waals surface area contributed by atoms with Gasteiger partial charge in [0.1, 0.15) is 5.82 Å². The van der Waals surface area contributed by atoms with Crippen LogP contribution in [0.25, 0.3) is 0 Å². The molecule has 1 rings (SSSR count). The van der Waals surface area contributed by atoms with Crippen molar-refractivity contribution >= 4 is 33.6 Å². The number of carbonyl (C=O) groups is 2. The fraction of sp³-hybridized carbons (Fsp3) is 0.364. The molecule has 1 aromatic heterocycles. The van der Waals surface area contributed by atoms with Gasteiger partial charge in [0, 0.05) is 6.20 Å². The van der Waals surface area contributed by atoms with Crippen molar-refractivity contribution in [3.05, 3.63) is 23.9 Å². The number of pyridine rings is 1. The van der Waals surface area contributed by atoms with E-state index in [2.05, 4.69) is 26.2 Å². The van der Waals surface area contributed by atoms with Crippen molar-refractivity contribution in [2.24, 2.45) is 0 Å². The molecule has 0 aromatic carbocycles. The lowest BCUT2D eigenvalue weighted by molar-refractivity contribution is -0.115. The Hall–Kier alpha value is -1.43. The minimum atomic E-state index is -0.433. The lowest BCUT2D eigenvalue weighted by Crippen LogP contribution is -2.20. The summed E-state index contributed by atoms with van der Waals surface area (Å²) in [5, 5.41) is 2.57. The first-order valence-corrected chi connectivity index (χ1v) is 6.04. The predicted molar refractivity (Wildman–Crippen MR) is 67.2 cm³/mol. The Morgan fingerprint density at radius 1 is 1.59 bits per heavy atom. The summed E-state index contributed by atoms with van der Waals surface area (Å²) < 4.78 is 4.85. The molecule has 1 amide bonds. The van der Waals surface area contributed by atoms with Crippen molar-refractivity contribution in [3.8, 4) is 0 Å². The molecule has 0 aliphatic heterocycles. The first kappa shape index (κ1) is 13.6. The summed E-state index contributed by atoms with van der Waals surface area (Å²) in [7, 11) is 0. The SMILES string of the molecule is CCOC(=O)c1ccnc(NC(=O)C(C)Br)c1. The van der Waals surface area contributed by atoms with Crippen LogP contribution < -0.4 is 5.32 Å². The van der Waals surface area contributed by atoms with Crippen LogP contribution in [-0.4, -0.2) is 28.3 Å². The van der Waals surface area contributed by atoms with Gasteiger partial charge >= 0.3 is 5.97 Å². The summed E-state index contributed by atoms with van der Waals surface area (Å²) in [6.45, 7) is 3.74. The van der Waals surface area contributed by atoms with Crippen LogP contribution >= 0.6 is 15.9 Å². The third-order valence-electron chi connectivity index (χ3n) is 1.88. The molecule has 1 heterocycles. The molecule has 1 unspecified atom stereocenters. The van der Waals surface area contributed by atoms with Gasteiger partial charge in [0.15, 0.2) is 0 Å². The molecule has 0 aliphatic carbocycles. The maximum Gasteiger partial charge on any atom is 0.338 e. The highest BCUT2D eigenvalue weighted by atomic mass is 79.9. The van der Waals surface area contributed by atoms with Gasteiger partial charge in [-0.3, -0.25) is 4.79 Å². The Labute approximate surface area is 108 Å². The second kappa shape index (κ2) is 6.34. The van der Waals surface area contributed by atoms with E-state index in [0.717, 1.165) is 0 Å². The quantitative estimate of drug-likeness (QED) is 0.682. The lowest BCUT2D eigenvalue weighted by atomic mass is 10.2. The monoisotopic (exact) mass is 300 g/mol. The summed E-state index contributed by atoms with van der Waals surface area (Å²) in [5.74, 6) is -0.331. The molecule has 92 valence electrons. The van der Waals surface area contributed by atoms with Gasteiger partial charge < -0.3 is 10.1 Å². The van der Waals surface area contributed by atoms with Crippen molar-refractivity contribution < 1.29 is 14.3 Å². The van der Waals surface area contributed by atoms with Crippen LogP contribution in [0.15, 0.2) is 18.3 Å². The van der Waals surface area contributed by atoms with Crippen LogP contribution in [0, 0.1) is 0 Å². The van der Waals surface area contributed by atoms with E-state index in [1.807, 2.05) is 0 Å². The summed E-state index contributed by atoms with van der Waals surface area (Å²) in [4.78, 5) is 26.5. The number of hydrogen-bond donors (Lipinski definition) is 1. The van der Waals surface area contributed by atoms with Gasteiger partial charge in [-0.25, -0.2) is 9.78 Å². The van der Waals surface area contributed by atoms with Crippen molar-refractivity contribution in [2.45, 2.75) is 18.7 Å². The van der Waals surface area contributed by atoms with E-state index in [9.17, 15) is 9.59 Å². The Morgan fingerprint density at radius 2 is 2.29 bits per heavy atom. The number of ether oxygens (including phenoxy) is 1. The Bertz CT molecular complexity index is 421. The van der Waals surface area contributed by atoms with Crippen molar-refractivity contribution in [3.63, 3.8) is 0 Å². The van der Waals surface area contributed by atoms with Gasteiger partial charge in [-0.1, -0.05) is 15.9 Å². The Kier molecular flexibility index (Phi) is 5.09. The van der Waals surface area contributed by atoms with E-state index in [1.165, 1.54) is 18.3 Å². The zero-order valence-electron chi connectivity index (χ0n) is 9.57. The first-order valence-electron chi connectivity index (χ1n) is 5.12. The zero-order valence-corrected chi connectivity index (χ0v) is 11.2. The van der Waals surface area contributed by atoms with Gasteiger partial charge in [-0.05, 0) is 26.0 Å². The molecule has 1 atom stereocenters. The molecule has 5 nitrogen and oxygen atoms in total. The molecule has 0 radical (unpaired) electrons. The molecular formula is C11H13BrN2O3. The highest BCUT2D eigenvalue weighted by Gasteiger charge is 2.12. The van der Waals surface area contributed by atoms with E-state index in [1.54, 1.807) is 13.8 Å². The second-order valence-corrected chi connectivity index (χ2v) is 4.63. The molecule has 0 saturated heterocycles. The maximum absolute atomic E-state index is 11.4. The summed E-state index contributed by atoms with van der Waals surface area (Å²) in [5.41, 5.74) is 0.361. The van der Waals surface area contributed by atoms with E-state index in [0.29, 0.717) is 18.0 Å². The van der Waals surface area contributed by atoms with E-state index in [-0.39, 0.29) is 10.7 Å². The number of hydrogen-bond acceptors (Lipinski definition) is 4. The van der Waals surface area contributed by atoms with Gasteiger partial charge in [0.2, 0.25) is 5.91 Å². The molecule has 1 N–H and O–H groups in total. The molecule has 0 saturated carbocycles. The summed E-state index contributed by atoms with van der Waals surface area (Å²) in [6.07, 6.45) is 1.45. The van der Waals surface area contributed by atoms with E-state index >= 15 is 0 Å². The molecular weight excluding hydrogens is 288 g/mol. The standard InChI is InChI=1S/C11H13BrN2O3/c1-3-17-11(16)8-4-5-13-9(6-8)14-10(15)7(2)12/h4-7H,3H2,1-2H3,(H,13,14,15). The zero-order chi connectivity index (χ0) is 12.8. The smallest absolute Gasteiger partial charge is 0.338 e. The van der Waals surface area contributed by atoms with Crippen molar-refractivity contribution in [2.75, 3.05) is 11.9 Å². The van der Waals surface area contributed by atoms with Crippen LogP contribution in [0.3, 0.4) is 0 Å². The normalized spacial score (nSPS) is 11.7. The number of rotatable bonds is 4. The van der Waals surface area contributed by atoms with Crippen LogP contribution in [0.4, 0.5) is 5.82 Å². The Morgan fingerprint density at radius 3 is 2.88 bits per heavy atom. The number of aromatic nitrogens is 1. The summed E-state index contributed by atoms with van der Waals surface area (Å²) >= 11 is 3.14. The first-order chi connectivity index (χ1) is 8.04. The highest BCUT2D eigenvalue weighted by Crippen LogP contribution is 2.10. The fourth-order valence-corrected chi connectivity index (χ4v) is 1.18.